The summed E-state index contributed by atoms with van der Waals surface area (Å²) in [6, 6.07) is 4.43. The number of anilines is 2. The van der Waals surface area contributed by atoms with Gasteiger partial charge in [-0.3, -0.25) is 4.90 Å². The first-order valence-corrected chi connectivity index (χ1v) is 6.29. The van der Waals surface area contributed by atoms with E-state index in [1.807, 2.05) is 12.1 Å². The summed E-state index contributed by atoms with van der Waals surface area (Å²) in [6.45, 7) is 8.76. The van der Waals surface area contributed by atoms with Gasteiger partial charge in [-0.25, -0.2) is 0 Å². The Balaban J connectivity index is 1.93. The average molecular weight is 235 g/mol. The Labute approximate surface area is 103 Å². The average Bonchev–Trinajstić information content (AvgIpc) is 2.39. The van der Waals surface area contributed by atoms with Crippen LogP contribution in [0.25, 0.3) is 0 Å². The number of nitrogens with two attached hydrogens (primary N) is 1. The van der Waals surface area contributed by atoms with E-state index in [4.69, 9.17) is 5.73 Å². The van der Waals surface area contributed by atoms with Crippen molar-refractivity contribution < 1.29 is 0 Å². The minimum atomic E-state index is 0.479. The van der Waals surface area contributed by atoms with Gasteiger partial charge in [-0.15, -0.1) is 10.2 Å². The zero-order valence-electron chi connectivity index (χ0n) is 10.6. The van der Waals surface area contributed by atoms with E-state index >= 15 is 0 Å². The molecule has 1 saturated heterocycles. The van der Waals surface area contributed by atoms with E-state index in [-0.39, 0.29) is 0 Å². The molecule has 2 rings (SSSR count). The number of hydrogen-bond donors (Lipinski definition) is 1. The fraction of sp³-hybridized carbons (Fsp3) is 0.667. The summed E-state index contributed by atoms with van der Waals surface area (Å²) < 4.78 is 0. The summed E-state index contributed by atoms with van der Waals surface area (Å²) in [5.74, 6) is 1.41. The fourth-order valence-electron chi connectivity index (χ4n) is 2.15. The zero-order chi connectivity index (χ0) is 12.3. The predicted octanol–water partition coefficient (Wildman–Crippen LogP) is 0.979. The van der Waals surface area contributed by atoms with Crippen molar-refractivity contribution >= 4 is 11.6 Å². The van der Waals surface area contributed by atoms with Crippen molar-refractivity contribution in [2.24, 2.45) is 0 Å². The molecule has 94 valence electrons. The molecule has 0 spiro atoms. The van der Waals surface area contributed by atoms with Crippen LogP contribution in [0.1, 0.15) is 20.3 Å². The lowest BCUT2D eigenvalue weighted by Crippen LogP contribution is -2.49. The first kappa shape index (κ1) is 12.1. The van der Waals surface area contributed by atoms with Crippen LogP contribution in [0.4, 0.5) is 11.6 Å². The maximum atomic E-state index is 5.54. The van der Waals surface area contributed by atoms with Gasteiger partial charge in [0.05, 0.1) is 0 Å². The molecule has 1 atom stereocenters. The molecular formula is C12H21N5. The predicted molar refractivity (Wildman–Crippen MR) is 70.0 cm³/mol. The van der Waals surface area contributed by atoms with Crippen LogP contribution in [0.3, 0.4) is 0 Å². The van der Waals surface area contributed by atoms with Gasteiger partial charge in [-0.2, -0.15) is 0 Å². The number of nitrogens with zero attached hydrogens (tertiary/aromatic N) is 4. The highest BCUT2D eigenvalue weighted by atomic mass is 15.3. The smallest absolute Gasteiger partial charge is 0.151 e. The Kier molecular flexibility index (Phi) is 3.78. The molecule has 2 heterocycles. The zero-order valence-corrected chi connectivity index (χ0v) is 10.6. The molecule has 1 aliphatic rings. The first-order valence-electron chi connectivity index (χ1n) is 6.29. The quantitative estimate of drug-likeness (QED) is 0.846. The van der Waals surface area contributed by atoms with Crippen molar-refractivity contribution in [2.75, 3.05) is 36.8 Å². The summed E-state index contributed by atoms with van der Waals surface area (Å²) in [4.78, 5) is 4.80. The Morgan fingerprint density at radius 3 is 2.47 bits per heavy atom. The molecule has 5 heteroatoms. The Morgan fingerprint density at radius 2 is 1.94 bits per heavy atom. The Hall–Kier alpha value is -1.36. The van der Waals surface area contributed by atoms with E-state index < -0.39 is 0 Å². The van der Waals surface area contributed by atoms with Gasteiger partial charge in [0.2, 0.25) is 0 Å². The van der Waals surface area contributed by atoms with Gasteiger partial charge >= 0.3 is 0 Å². The second kappa shape index (κ2) is 5.31. The van der Waals surface area contributed by atoms with Gasteiger partial charge in [0.1, 0.15) is 5.82 Å². The van der Waals surface area contributed by atoms with Crippen LogP contribution in [-0.4, -0.2) is 47.3 Å². The van der Waals surface area contributed by atoms with Crippen molar-refractivity contribution in [1.82, 2.24) is 15.1 Å². The van der Waals surface area contributed by atoms with Crippen LogP contribution in [-0.2, 0) is 0 Å². The van der Waals surface area contributed by atoms with E-state index in [2.05, 4.69) is 33.8 Å². The molecule has 1 aliphatic heterocycles. The summed E-state index contributed by atoms with van der Waals surface area (Å²) in [6.07, 6.45) is 1.21. The number of rotatable bonds is 3. The lowest BCUT2D eigenvalue weighted by Gasteiger charge is -2.38. The number of nitrogen functional groups attached to an aromatic ring is 1. The standard InChI is InChI=1S/C12H21N5/c1-3-10(2)16-6-8-17(9-7-16)12-5-4-11(13)14-15-12/h4-5,10H,3,6-9H2,1-2H3,(H2,13,14). The topological polar surface area (TPSA) is 58.3 Å². The molecular weight excluding hydrogens is 214 g/mol. The first-order chi connectivity index (χ1) is 8.20. The highest BCUT2D eigenvalue weighted by molar-refractivity contribution is 5.41. The van der Waals surface area contributed by atoms with Crippen LogP contribution < -0.4 is 10.6 Å². The van der Waals surface area contributed by atoms with Gasteiger partial charge < -0.3 is 10.6 Å². The van der Waals surface area contributed by atoms with Gasteiger partial charge in [0.15, 0.2) is 5.82 Å². The molecule has 2 N–H and O–H groups in total. The SMILES string of the molecule is CCC(C)N1CCN(c2ccc(N)nn2)CC1. The maximum Gasteiger partial charge on any atom is 0.151 e. The van der Waals surface area contributed by atoms with E-state index in [9.17, 15) is 0 Å². The third-order valence-corrected chi connectivity index (χ3v) is 3.52. The van der Waals surface area contributed by atoms with Gasteiger partial charge in [-0.05, 0) is 25.5 Å². The fourth-order valence-corrected chi connectivity index (χ4v) is 2.15. The second-order valence-corrected chi connectivity index (χ2v) is 4.60. The summed E-state index contributed by atoms with van der Waals surface area (Å²) in [7, 11) is 0. The van der Waals surface area contributed by atoms with Gasteiger partial charge in [0, 0.05) is 32.2 Å². The van der Waals surface area contributed by atoms with Gasteiger partial charge in [0.25, 0.3) is 0 Å². The molecule has 0 bridgehead atoms. The molecule has 5 nitrogen and oxygen atoms in total. The highest BCUT2D eigenvalue weighted by Gasteiger charge is 2.20. The van der Waals surface area contributed by atoms with Crippen molar-refractivity contribution in [3.8, 4) is 0 Å². The van der Waals surface area contributed by atoms with Crippen molar-refractivity contribution in [3.05, 3.63) is 12.1 Å². The number of piperazine rings is 1. The van der Waals surface area contributed by atoms with Gasteiger partial charge in [-0.1, -0.05) is 6.92 Å². The number of aromatic nitrogens is 2. The summed E-state index contributed by atoms with van der Waals surface area (Å²) >= 11 is 0. The monoisotopic (exact) mass is 235 g/mol. The van der Waals surface area contributed by atoms with Crippen LogP contribution >= 0.6 is 0 Å². The van der Waals surface area contributed by atoms with Crippen LogP contribution in [0, 0.1) is 0 Å². The highest BCUT2D eigenvalue weighted by Crippen LogP contribution is 2.15. The minimum Gasteiger partial charge on any atom is -0.382 e. The molecule has 1 unspecified atom stereocenters. The lowest BCUT2D eigenvalue weighted by molar-refractivity contribution is 0.192. The lowest BCUT2D eigenvalue weighted by atomic mass is 10.2. The third-order valence-electron chi connectivity index (χ3n) is 3.52. The molecule has 0 aromatic carbocycles. The molecule has 17 heavy (non-hydrogen) atoms. The van der Waals surface area contributed by atoms with Crippen LogP contribution in [0.5, 0.6) is 0 Å². The van der Waals surface area contributed by atoms with E-state index in [1.54, 1.807) is 0 Å². The number of hydrogen-bond acceptors (Lipinski definition) is 5. The molecule has 0 aliphatic carbocycles. The summed E-state index contributed by atoms with van der Waals surface area (Å²) in [5, 5.41) is 8.02. The molecule has 0 radical (unpaired) electrons. The second-order valence-electron chi connectivity index (χ2n) is 4.60. The Morgan fingerprint density at radius 1 is 1.24 bits per heavy atom. The maximum absolute atomic E-state index is 5.54. The molecule has 0 amide bonds. The van der Waals surface area contributed by atoms with E-state index in [1.165, 1.54) is 6.42 Å². The summed E-state index contributed by atoms with van der Waals surface area (Å²) in [5.41, 5.74) is 5.54. The van der Waals surface area contributed by atoms with E-state index in [0.717, 1.165) is 32.0 Å². The normalized spacial score (nSPS) is 19.3. The molecule has 0 saturated carbocycles. The van der Waals surface area contributed by atoms with Crippen molar-refractivity contribution in [1.29, 1.82) is 0 Å². The third kappa shape index (κ3) is 2.85. The minimum absolute atomic E-state index is 0.479. The molecule has 1 aromatic rings. The van der Waals surface area contributed by atoms with Crippen molar-refractivity contribution in [2.45, 2.75) is 26.3 Å². The van der Waals surface area contributed by atoms with Crippen LogP contribution in [0.15, 0.2) is 12.1 Å². The molecule has 1 aromatic heterocycles. The van der Waals surface area contributed by atoms with E-state index in [0.29, 0.717) is 11.9 Å². The largest absolute Gasteiger partial charge is 0.382 e. The van der Waals surface area contributed by atoms with Crippen molar-refractivity contribution in [3.63, 3.8) is 0 Å². The Bertz CT molecular complexity index is 342. The molecule has 1 fully saturated rings. The van der Waals surface area contributed by atoms with Crippen LogP contribution in [0.2, 0.25) is 0 Å².